The van der Waals surface area contributed by atoms with Gasteiger partial charge in [0.25, 0.3) is 0 Å². The summed E-state index contributed by atoms with van der Waals surface area (Å²) in [6.45, 7) is 14.5. The molecule has 0 aliphatic carbocycles. The lowest BCUT2D eigenvalue weighted by atomic mass is 9.99. The lowest BCUT2D eigenvalue weighted by Gasteiger charge is -2.49. The fraction of sp³-hybridized carbons (Fsp3) is 0.429. The maximum atomic E-state index is 13.6. The Bertz CT molecular complexity index is 1360. The molecule has 3 aromatic carbocycles. The van der Waals surface area contributed by atoms with E-state index in [4.69, 9.17) is 23.4 Å². The smallest absolute Gasteiger partial charge is 0.338 e. The summed E-state index contributed by atoms with van der Waals surface area (Å²) in [6.07, 6.45) is -2.92. The second-order valence-corrected chi connectivity index (χ2v) is 18.5. The van der Waals surface area contributed by atoms with E-state index in [2.05, 4.69) is 33.9 Å². The van der Waals surface area contributed by atoms with Gasteiger partial charge in [-0.1, -0.05) is 98.8 Å². The van der Waals surface area contributed by atoms with Crippen LogP contribution < -0.4 is 0 Å². The monoisotopic (exact) mass is 636 g/mol. The van der Waals surface area contributed by atoms with Crippen LogP contribution in [0, 0.1) is 6.92 Å². The molecule has 1 heterocycles. The molecular formula is C35H44O7SSi. The zero-order valence-corrected chi connectivity index (χ0v) is 28.5. The zero-order valence-electron chi connectivity index (χ0n) is 26.6. The number of aryl methyl sites for hydroxylation is 1. The Morgan fingerprint density at radius 1 is 0.864 bits per heavy atom. The molecule has 0 saturated carbocycles. The van der Waals surface area contributed by atoms with Crippen LogP contribution in [-0.2, 0) is 34.8 Å². The van der Waals surface area contributed by atoms with Crippen LogP contribution in [0.3, 0.4) is 0 Å². The van der Waals surface area contributed by atoms with Crippen molar-refractivity contribution in [2.75, 3.05) is 6.61 Å². The lowest BCUT2D eigenvalue weighted by molar-refractivity contribution is -0.223. The molecule has 44 heavy (non-hydrogen) atoms. The molecule has 0 radical (unpaired) electrons. The number of hydrogen-bond donors (Lipinski definition) is 0. The first-order chi connectivity index (χ1) is 20.8. The van der Waals surface area contributed by atoms with Gasteiger partial charge in [-0.25, -0.2) is 4.79 Å². The van der Waals surface area contributed by atoms with Crippen LogP contribution >= 0.6 is 11.8 Å². The van der Waals surface area contributed by atoms with E-state index in [0.717, 1.165) is 16.0 Å². The number of benzene rings is 3. The minimum absolute atomic E-state index is 0.0313. The average molecular weight is 637 g/mol. The molecule has 0 spiro atoms. The van der Waals surface area contributed by atoms with Crippen LogP contribution in [0.2, 0.25) is 18.1 Å². The Labute approximate surface area is 266 Å². The van der Waals surface area contributed by atoms with E-state index >= 15 is 0 Å². The largest absolute Gasteiger partial charge is 0.463 e. The summed E-state index contributed by atoms with van der Waals surface area (Å²) in [5.74, 6) is -0.893. The van der Waals surface area contributed by atoms with Gasteiger partial charge in [0, 0.05) is 11.8 Å². The fourth-order valence-electron chi connectivity index (χ4n) is 4.57. The van der Waals surface area contributed by atoms with E-state index in [0.29, 0.717) is 5.56 Å². The Kier molecular flexibility index (Phi) is 11.5. The van der Waals surface area contributed by atoms with E-state index in [-0.39, 0.29) is 18.3 Å². The zero-order chi connectivity index (χ0) is 31.9. The quantitative estimate of drug-likeness (QED) is 0.157. The minimum atomic E-state index is -2.46. The van der Waals surface area contributed by atoms with Crippen molar-refractivity contribution in [1.29, 1.82) is 0 Å². The highest BCUT2D eigenvalue weighted by Gasteiger charge is 2.53. The highest BCUT2D eigenvalue weighted by molar-refractivity contribution is 7.99. The molecule has 0 N–H and O–H groups in total. The van der Waals surface area contributed by atoms with Gasteiger partial charge in [0.2, 0.25) is 0 Å². The minimum Gasteiger partial charge on any atom is -0.463 e. The lowest BCUT2D eigenvalue weighted by Crippen LogP contribution is -2.63. The normalized spacial score (nSPS) is 22.3. The molecule has 0 unspecified atom stereocenters. The second kappa shape index (κ2) is 14.9. The Balaban J connectivity index is 1.78. The van der Waals surface area contributed by atoms with E-state index in [9.17, 15) is 9.59 Å². The van der Waals surface area contributed by atoms with Gasteiger partial charge in [0.05, 0.1) is 12.2 Å². The first kappa shape index (κ1) is 33.9. The number of thioether (sulfide) groups is 1. The maximum absolute atomic E-state index is 13.6. The molecule has 3 aromatic rings. The predicted molar refractivity (Wildman–Crippen MR) is 175 cm³/mol. The van der Waals surface area contributed by atoms with Crippen molar-refractivity contribution in [2.45, 2.75) is 94.1 Å². The molecule has 0 amide bonds. The summed E-state index contributed by atoms with van der Waals surface area (Å²) in [6, 6.07) is 26.8. The molecule has 0 bridgehead atoms. The number of ether oxygens (including phenoxy) is 4. The molecule has 236 valence electrons. The summed E-state index contributed by atoms with van der Waals surface area (Å²) in [5, 5.41) is -0.145. The van der Waals surface area contributed by atoms with Gasteiger partial charge in [-0.05, 0) is 54.9 Å². The molecule has 1 aliphatic rings. The molecule has 0 aromatic heterocycles. The van der Waals surface area contributed by atoms with Gasteiger partial charge in [-0.15, -0.1) is 0 Å². The molecule has 5 atom stereocenters. The molecule has 7 nitrogen and oxygen atoms in total. The highest BCUT2D eigenvalue weighted by atomic mass is 32.2. The van der Waals surface area contributed by atoms with Crippen LogP contribution in [-0.4, -0.2) is 56.7 Å². The van der Waals surface area contributed by atoms with Gasteiger partial charge in [0.15, 0.2) is 14.4 Å². The van der Waals surface area contributed by atoms with E-state index < -0.39 is 50.1 Å². The Morgan fingerprint density at radius 3 is 2.07 bits per heavy atom. The van der Waals surface area contributed by atoms with Crippen LogP contribution in [0.25, 0.3) is 0 Å². The van der Waals surface area contributed by atoms with Crippen molar-refractivity contribution >= 4 is 32.0 Å². The number of carbonyl (C=O) groups excluding carboxylic acids is 2. The number of hydrogen-bond acceptors (Lipinski definition) is 8. The van der Waals surface area contributed by atoms with Crippen molar-refractivity contribution < 1.29 is 33.0 Å². The summed E-state index contributed by atoms with van der Waals surface area (Å²) in [4.78, 5) is 26.5. The summed E-state index contributed by atoms with van der Waals surface area (Å²) < 4.78 is 32.2. The summed E-state index contributed by atoms with van der Waals surface area (Å²) >= 11 is 1.45. The predicted octanol–water partition coefficient (Wildman–Crippen LogP) is 7.58. The SMILES string of the molecule is CC(=O)OC[C@H]1O[C@@H](Sc2ccc(C)cc2)[C@H](OC(=O)c2ccccc2)[C@@H](O[Si](C)(C)C(C)(C)C)[C@H]1OCc1ccccc1. The standard InChI is InChI=1S/C35H44O7SSi/c1-24-18-20-28(21-19-24)43-34-32(41-33(37)27-16-12-9-13-17-27)31(42-44(6,7)35(3,4)5)30(29(40-34)23-38-25(2)36)39-22-26-14-10-8-11-15-26/h8-21,29-32,34H,22-23H2,1-7H3/t29-,30+,31+,32-,34+/m1/s1. The number of esters is 2. The molecule has 9 heteroatoms. The topological polar surface area (TPSA) is 80.3 Å². The second-order valence-electron chi connectivity index (χ2n) is 12.6. The Hall–Kier alpha value is -2.95. The first-order valence-electron chi connectivity index (χ1n) is 15.0. The van der Waals surface area contributed by atoms with E-state index in [1.807, 2.05) is 67.6 Å². The third kappa shape index (κ3) is 9.05. The van der Waals surface area contributed by atoms with Crippen LogP contribution in [0.15, 0.2) is 89.8 Å². The van der Waals surface area contributed by atoms with Gasteiger partial charge in [-0.3, -0.25) is 4.79 Å². The van der Waals surface area contributed by atoms with Crippen molar-refractivity contribution in [3.8, 4) is 0 Å². The maximum Gasteiger partial charge on any atom is 0.338 e. The van der Waals surface area contributed by atoms with Gasteiger partial charge in [-0.2, -0.15) is 0 Å². The number of rotatable bonds is 11. The summed E-state index contributed by atoms with van der Waals surface area (Å²) in [5.41, 5.74) is 1.87. The molecule has 1 fully saturated rings. The number of carbonyl (C=O) groups is 2. The average Bonchev–Trinajstić information content (AvgIpc) is 2.98. The Morgan fingerprint density at radius 2 is 1.48 bits per heavy atom. The van der Waals surface area contributed by atoms with E-state index in [1.54, 1.807) is 24.3 Å². The van der Waals surface area contributed by atoms with E-state index in [1.165, 1.54) is 18.7 Å². The van der Waals surface area contributed by atoms with Crippen molar-refractivity contribution in [1.82, 2.24) is 0 Å². The highest BCUT2D eigenvalue weighted by Crippen LogP contribution is 2.43. The molecule has 4 rings (SSSR count). The van der Waals surface area contributed by atoms with Gasteiger partial charge >= 0.3 is 11.9 Å². The van der Waals surface area contributed by atoms with Crippen molar-refractivity contribution in [3.05, 3.63) is 102 Å². The third-order valence-corrected chi connectivity index (χ3v) is 13.7. The van der Waals surface area contributed by atoms with Crippen LogP contribution in [0.5, 0.6) is 0 Å². The summed E-state index contributed by atoms with van der Waals surface area (Å²) in [7, 11) is -2.46. The van der Waals surface area contributed by atoms with Gasteiger partial charge in [0.1, 0.15) is 30.4 Å². The molecule has 1 saturated heterocycles. The van der Waals surface area contributed by atoms with Crippen molar-refractivity contribution in [2.24, 2.45) is 0 Å². The van der Waals surface area contributed by atoms with Gasteiger partial charge < -0.3 is 23.4 Å². The molecule has 1 aliphatic heterocycles. The third-order valence-electron chi connectivity index (χ3n) is 8.09. The first-order valence-corrected chi connectivity index (χ1v) is 18.7. The van der Waals surface area contributed by atoms with Crippen LogP contribution in [0.4, 0.5) is 0 Å². The molecular weight excluding hydrogens is 593 g/mol. The fourth-order valence-corrected chi connectivity index (χ4v) is 6.97. The van der Waals surface area contributed by atoms with Crippen molar-refractivity contribution in [3.63, 3.8) is 0 Å². The van der Waals surface area contributed by atoms with Crippen LogP contribution in [0.1, 0.15) is 49.2 Å².